The molecule has 2 heterocycles. The van der Waals surface area contributed by atoms with Crippen molar-refractivity contribution in [2.45, 2.75) is 33.8 Å². The first kappa shape index (κ1) is 18.1. The Balaban J connectivity index is 2.15. The van der Waals surface area contributed by atoms with Gasteiger partial charge >= 0.3 is 5.97 Å². The fourth-order valence-corrected chi connectivity index (χ4v) is 3.24. The third kappa shape index (κ3) is 3.64. The first-order chi connectivity index (χ1) is 11.2. The third-order valence-corrected chi connectivity index (χ3v) is 4.74. The molecule has 130 valence electrons. The Morgan fingerprint density at radius 2 is 2.04 bits per heavy atom. The van der Waals surface area contributed by atoms with Crippen LogP contribution in [0.2, 0.25) is 0 Å². The fraction of sp³-hybridized carbons (Fsp3) is 0.500. The number of rotatable bonds is 5. The van der Waals surface area contributed by atoms with Gasteiger partial charge in [0.2, 0.25) is 0 Å². The number of esters is 1. The number of carbonyl (C=O) groups excluding carboxylic acids is 2. The lowest BCUT2D eigenvalue weighted by Crippen LogP contribution is -2.33. The van der Waals surface area contributed by atoms with Gasteiger partial charge in [-0.1, -0.05) is 6.92 Å². The van der Waals surface area contributed by atoms with E-state index in [4.69, 9.17) is 4.74 Å². The summed E-state index contributed by atoms with van der Waals surface area (Å²) in [7, 11) is 1.62. The third-order valence-electron chi connectivity index (χ3n) is 3.54. The molecule has 0 spiro atoms. The highest BCUT2D eigenvalue weighted by molar-refractivity contribution is 7.20. The van der Waals surface area contributed by atoms with Crippen LogP contribution in [-0.4, -0.2) is 34.1 Å². The summed E-state index contributed by atoms with van der Waals surface area (Å²) in [6.07, 6.45) is 1.24. The Labute approximate surface area is 143 Å². The van der Waals surface area contributed by atoms with Gasteiger partial charge in [0.05, 0.1) is 28.6 Å². The molecule has 0 aliphatic rings. The van der Waals surface area contributed by atoms with Gasteiger partial charge in [-0.25, -0.2) is 4.98 Å². The van der Waals surface area contributed by atoms with Crippen molar-refractivity contribution in [2.24, 2.45) is 13.0 Å². The molecule has 0 unspecified atom stereocenters. The molecule has 2 aromatic rings. The van der Waals surface area contributed by atoms with Crippen molar-refractivity contribution in [1.82, 2.24) is 14.9 Å². The van der Waals surface area contributed by atoms with Crippen LogP contribution >= 0.6 is 11.3 Å². The topological polar surface area (TPSA) is 90.3 Å². The molecule has 0 saturated carbocycles. The van der Waals surface area contributed by atoms with Gasteiger partial charge in [0.15, 0.2) is 0 Å². The van der Waals surface area contributed by atoms with Gasteiger partial charge < -0.3 is 14.6 Å². The van der Waals surface area contributed by atoms with Gasteiger partial charge in [-0.05, 0) is 26.3 Å². The molecule has 2 rings (SSSR count). The predicted octanol–water partition coefficient (Wildman–Crippen LogP) is 1.62. The second-order valence-corrected chi connectivity index (χ2v) is 6.99. The molecule has 1 atom stereocenters. The summed E-state index contributed by atoms with van der Waals surface area (Å²) in [5.41, 5.74) is 0.431. The fourth-order valence-electron chi connectivity index (χ4n) is 2.18. The van der Waals surface area contributed by atoms with Crippen molar-refractivity contribution >= 4 is 33.4 Å². The smallest absolute Gasteiger partial charge is 0.310 e. The average molecular weight is 351 g/mol. The first-order valence-electron chi connectivity index (χ1n) is 7.65. The molecule has 0 aliphatic carbocycles. The number of carbonyl (C=O) groups is 2. The predicted molar refractivity (Wildman–Crippen MR) is 92.3 cm³/mol. The van der Waals surface area contributed by atoms with Crippen molar-refractivity contribution in [3.8, 4) is 0 Å². The number of hydrogen-bond donors (Lipinski definition) is 1. The largest absolute Gasteiger partial charge is 0.463 e. The molecular formula is C16H21N3O4S. The number of fused-ring (bicyclic) bond motifs is 1. The molecule has 1 N–H and O–H groups in total. The van der Waals surface area contributed by atoms with Crippen molar-refractivity contribution in [2.75, 3.05) is 6.54 Å². The normalized spacial score (nSPS) is 12.4. The van der Waals surface area contributed by atoms with Gasteiger partial charge in [-0.15, -0.1) is 11.3 Å². The van der Waals surface area contributed by atoms with E-state index >= 15 is 0 Å². The van der Waals surface area contributed by atoms with Gasteiger partial charge in [0, 0.05) is 13.6 Å². The minimum atomic E-state index is -0.447. The van der Waals surface area contributed by atoms with Crippen LogP contribution in [-0.2, 0) is 16.6 Å². The van der Waals surface area contributed by atoms with Crippen molar-refractivity contribution in [1.29, 1.82) is 0 Å². The summed E-state index contributed by atoms with van der Waals surface area (Å²) in [5.74, 6) is -1.12. The van der Waals surface area contributed by atoms with Crippen LogP contribution in [0.5, 0.6) is 0 Å². The maximum Gasteiger partial charge on any atom is 0.310 e. The Bertz CT molecular complexity index is 838. The highest BCUT2D eigenvalue weighted by atomic mass is 32.1. The van der Waals surface area contributed by atoms with Gasteiger partial charge in [-0.2, -0.15) is 0 Å². The molecule has 0 fully saturated rings. The van der Waals surface area contributed by atoms with Crippen LogP contribution in [0.3, 0.4) is 0 Å². The molecule has 0 bridgehead atoms. The summed E-state index contributed by atoms with van der Waals surface area (Å²) >= 11 is 1.17. The molecule has 1 amide bonds. The number of aryl methyl sites for hydroxylation is 2. The second-order valence-electron chi connectivity index (χ2n) is 5.99. The van der Waals surface area contributed by atoms with Crippen molar-refractivity contribution in [3.63, 3.8) is 0 Å². The number of hydrogen-bond acceptors (Lipinski definition) is 6. The standard InChI is InChI=1S/C16H21N3O4S/c1-8(2)23-16(22)9(3)6-17-13(20)12-10(4)11-14(24-12)18-7-19(5)15(11)21/h7-9H,6H2,1-5H3,(H,17,20)/t9-/m1/s1. The summed E-state index contributed by atoms with van der Waals surface area (Å²) in [4.78, 5) is 41.5. The highest BCUT2D eigenvalue weighted by Crippen LogP contribution is 2.26. The Hall–Kier alpha value is -2.22. The lowest BCUT2D eigenvalue weighted by Gasteiger charge is -2.14. The molecular weight excluding hydrogens is 330 g/mol. The summed E-state index contributed by atoms with van der Waals surface area (Å²) in [5, 5.41) is 3.18. The van der Waals surface area contributed by atoms with Crippen LogP contribution in [0, 0.1) is 12.8 Å². The van der Waals surface area contributed by atoms with E-state index in [2.05, 4.69) is 10.3 Å². The molecule has 0 aromatic carbocycles. The van der Waals surface area contributed by atoms with E-state index in [1.165, 1.54) is 22.2 Å². The molecule has 0 saturated heterocycles. The lowest BCUT2D eigenvalue weighted by molar-refractivity contribution is -0.151. The van der Waals surface area contributed by atoms with Crippen molar-refractivity contribution < 1.29 is 14.3 Å². The van der Waals surface area contributed by atoms with Crippen molar-refractivity contribution in [3.05, 3.63) is 27.1 Å². The minimum absolute atomic E-state index is 0.170. The first-order valence-corrected chi connectivity index (χ1v) is 8.47. The molecule has 7 nitrogen and oxygen atoms in total. The average Bonchev–Trinajstić information content (AvgIpc) is 2.85. The molecule has 0 radical (unpaired) electrons. The number of ether oxygens (including phenoxy) is 1. The van der Waals surface area contributed by atoms with Gasteiger partial charge in [-0.3, -0.25) is 14.4 Å². The van der Waals surface area contributed by atoms with E-state index in [1.807, 2.05) is 0 Å². The molecule has 8 heteroatoms. The maximum atomic E-state index is 12.4. The molecule has 0 aliphatic heterocycles. The quantitative estimate of drug-likeness (QED) is 0.827. The summed E-state index contributed by atoms with van der Waals surface area (Å²) < 4.78 is 6.49. The number of thiophene rings is 1. The van der Waals surface area contributed by atoms with Gasteiger partial charge in [0.1, 0.15) is 4.83 Å². The number of amides is 1. The minimum Gasteiger partial charge on any atom is -0.463 e. The Morgan fingerprint density at radius 3 is 2.67 bits per heavy atom. The zero-order chi connectivity index (χ0) is 18.0. The number of nitrogens with zero attached hydrogens (tertiary/aromatic N) is 2. The Kier molecular flexibility index (Phi) is 5.38. The SMILES string of the molecule is Cc1c(C(=O)NC[C@@H](C)C(=O)OC(C)C)sc2ncn(C)c(=O)c12. The Morgan fingerprint density at radius 1 is 1.38 bits per heavy atom. The second kappa shape index (κ2) is 7.12. The van der Waals surface area contributed by atoms with E-state index in [0.29, 0.717) is 20.7 Å². The van der Waals surface area contributed by atoms with E-state index in [0.717, 1.165) is 0 Å². The van der Waals surface area contributed by atoms with E-state index < -0.39 is 5.92 Å². The molecule has 24 heavy (non-hydrogen) atoms. The zero-order valence-electron chi connectivity index (χ0n) is 14.4. The summed E-state index contributed by atoms with van der Waals surface area (Å²) in [6, 6.07) is 0. The lowest BCUT2D eigenvalue weighted by atomic mass is 10.1. The monoisotopic (exact) mass is 351 g/mol. The van der Waals surface area contributed by atoms with Crippen LogP contribution < -0.4 is 10.9 Å². The van der Waals surface area contributed by atoms with Crippen LogP contribution in [0.15, 0.2) is 11.1 Å². The maximum absolute atomic E-state index is 12.4. The van der Waals surface area contributed by atoms with Crippen LogP contribution in [0.25, 0.3) is 10.2 Å². The van der Waals surface area contributed by atoms with E-state index in [1.54, 1.807) is 34.7 Å². The van der Waals surface area contributed by atoms with Crippen LogP contribution in [0.4, 0.5) is 0 Å². The number of nitrogens with one attached hydrogen (secondary N) is 1. The highest BCUT2D eigenvalue weighted by Gasteiger charge is 2.21. The van der Waals surface area contributed by atoms with E-state index in [-0.39, 0.29) is 30.1 Å². The van der Waals surface area contributed by atoms with Gasteiger partial charge in [0.25, 0.3) is 11.5 Å². The van der Waals surface area contributed by atoms with Crippen LogP contribution in [0.1, 0.15) is 36.0 Å². The summed E-state index contributed by atoms with van der Waals surface area (Å²) in [6.45, 7) is 7.14. The van der Waals surface area contributed by atoms with E-state index in [9.17, 15) is 14.4 Å². The zero-order valence-corrected chi connectivity index (χ0v) is 15.2. The number of aromatic nitrogens is 2. The molecule has 2 aromatic heterocycles.